The fourth-order valence-electron chi connectivity index (χ4n) is 1.46. The summed E-state index contributed by atoms with van der Waals surface area (Å²) < 4.78 is 0. The minimum atomic E-state index is 0.148. The zero-order valence-electron chi connectivity index (χ0n) is 9.46. The first-order valence-electron chi connectivity index (χ1n) is 5.14. The molecule has 0 aliphatic heterocycles. The lowest BCUT2D eigenvalue weighted by Crippen LogP contribution is -2.33. The number of aromatic nitrogens is 3. The quantitative estimate of drug-likeness (QED) is 0.773. The van der Waals surface area contributed by atoms with Crippen molar-refractivity contribution in [2.24, 2.45) is 5.41 Å². The molecule has 1 aromatic rings. The maximum atomic E-state index is 4.21. The molecule has 0 amide bonds. The number of aromatic amines is 1. The molecule has 0 fully saturated rings. The van der Waals surface area contributed by atoms with Gasteiger partial charge in [-0.3, -0.25) is 5.10 Å². The van der Waals surface area contributed by atoms with Crippen LogP contribution in [0.4, 0.5) is 0 Å². The van der Waals surface area contributed by atoms with Gasteiger partial charge in [0, 0.05) is 0 Å². The topological polar surface area (TPSA) is 53.6 Å². The molecule has 4 heteroatoms. The molecule has 1 aromatic heterocycles. The molecule has 0 saturated carbocycles. The van der Waals surface area contributed by atoms with E-state index < -0.39 is 0 Å². The molecule has 4 nitrogen and oxygen atoms in total. The predicted octanol–water partition coefficient (Wildman–Crippen LogP) is 1.89. The van der Waals surface area contributed by atoms with Gasteiger partial charge >= 0.3 is 0 Å². The molecule has 0 bridgehead atoms. The Hall–Kier alpha value is -0.900. The Morgan fingerprint density at radius 3 is 2.64 bits per heavy atom. The van der Waals surface area contributed by atoms with E-state index in [-0.39, 0.29) is 11.5 Å². The molecular formula is C10H20N4. The number of hydrogen-bond acceptors (Lipinski definition) is 3. The molecule has 1 atom stereocenters. The number of nitrogens with zero attached hydrogens (tertiary/aromatic N) is 2. The van der Waals surface area contributed by atoms with Crippen molar-refractivity contribution in [2.75, 3.05) is 6.54 Å². The van der Waals surface area contributed by atoms with Gasteiger partial charge in [-0.1, -0.05) is 27.7 Å². The Morgan fingerprint density at radius 1 is 1.50 bits per heavy atom. The van der Waals surface area contributed by atoms with Gasteiger partial charge in [-0.25, -0.2) is 4.98 Å². The molecular weight excluding hydrogens is 176 g/mol. The molecule has 80 valence electrons. The summed E-state index contributed by atoms with van der Waals surface area (Å²) >= 11 is 0. The largest absolute Gasteiger partial charge is 0.307 e. The van der Waals surface area contributed by atoms with Gasteiger partial charge in [0.15, 0.2) is 0 Å². The summed E-state index contributed by atoms with van der Waals surface area (Å²) in [5.41, 5.74) is 0.148. The van der Waals surface area contributed by atoms with Crippen LogP contribution in [0.25, 0.3) is 0 Å². The van der Waals surface area contributed by atoms with E-state index in [2.05, 4.69) is 48.2 Å². The van der Waals surface area contributed by atoms with E-state index in [1.165, 1.54) is 0 Å². The van der Waals surface area contributed by atoms with Gasteiger partial charge in [-0.05, 0) is 18.4 Å². The van der Waals surface area contributed by atoms with Gasteiger partial charge < -0.3 is 5.32 Å². The van der Waals surface area contributed by atoms with Gasteiger partial charge in [0.1, 0.15) is 12.2 Å². The standard InChI is InChI=1S/C10H20N4/c1-5-6-11-8(10(2,3)4)9-12-7-13-14-9/h7-8,11H,5-6H2,1-4H3,(H,12,13,14). The summed E-state index contributed by atoms with van der Waals surface area (Å²) in [6.07, 6.45) is 2.68. The van der Waals surface area contributed by atoms with Crippen LogP contribution in [0.15, 0.2) is 6.33 Å². The Kier molecular flexibility index (Phi) is 3.63. The third-order valence-electron chi connectivity index (χ3n) is 2.17. The zero-order chi connectivity index (χ0) is 10.6. The molecule has 1 heterocycles. The van der Waals surface area contributed by atoms with Crippen LogP contribution >= 0.6 is 0 Å². The van der Waals surface area contributed by atoms with Crippen LogP contribution in [0.1, 0.15) is 46.0 Å². The molecule has 0 aromatic carbocycles. The van der Waals surface area contributed by atoms with E-state index in [0.717, 1.165) is 18.8 Å². The van der Waals surface area contributed by atoms with Gasteiger partial charge in [0.25, 0.3) is 0 Å². The Morgan fingerprint density at radius 2 is 2.21 bits per heavy atom. The van der Waals surface area contributed by atoms with Gasteiger partial charge in [0.05, 0.1) is 6.04 Å². The zero-order valence-corrected chi connectivity index (χ0v) is 9.46. The van der Waals surface area contributed by atoms with Crippen molar-refractivity contribution in [3.8, 4) is 0 Å². The maximum absolute atomic E-state index is 4.21. The van der Waals surface area contributed by atoms with Crippen molar-refractivity contribution in [1.29, 1.82) is 0 Å². The Balaban J connectivity index is 2.73. The Labute approximate surface area is 85.5 Å². The highest BCUT2D eigenvalue weighted by molar-refractivity contribution is 4.97. The fourth-order valence-corrected chi connectivity index (χ4v) is 1.46. The highest BCUT2D eigenvalue weighted by atomic mass is 15.2. The lowest BCUT2D eigenvalue weighted by atomic mass is 9.86. The summed E-state index contributed by atoms with van der Waals surface area (Å²) in [5.74, 6) is 0.922. The van der Waals surface area contributed by atoms with Gasteiger partial charge in [-0.2, -0.15) is 5.10 Å². The third kappa shape index (κ3) is 2.80. The number of H-pyrrole nitrogens is 1. The van der Waals surface area contributed by atoms with Crippen molar-refractivity contribution < 1.29 is 0 Å². The van der Waals surface area contributed by atoms with Crippen LogP contribution in [-0.4, -0.2) is 21.7 Å². The number of nitrogens with one attached hydrogen (secondary N) is 2. The van der Waals surface area contributed by atoms with Crippen molar-refractivity contribution in [3.05, 3.63) is 12.2 Å². The summed E-state index contributed by atoms with van der Waals surface area (Å²) in [5, 5.41) is 10.3. The minimum absolute atomic E-state index is 0.148. The first kappa shape index (κ1) is 11.2. The maximum Gasteiger partial charge on any atom is 0.141 e. The van der Waals surface area contributed by atoms with Crippen LogP contribution in [-0.2, 0) is 0 Å². The van der Waals surface area contributed by atoms with Crippen molar-refractivity contribution in [3.63, 3.8) is 0 Å². The first-order chi connectivity index (χ1) is 6.55. The number of hydrogen-bond donors (Lipinski definition) is 2. The molecule has 2 N–H and O–H groups in total. The second kappa shape index (κ2) is 4.55. The highest BCUT2D eigenvalue weighted by Crippen LogP contribution is 2.30. The lowest BCUT2D eigenvalue weighted by molar-refractivity contribution is 0.263. The van der Waals surface area contributed by atoms with Crippen molar-refractivity contribution >= 4 is 0 Å². The molecule has 0 saturated heterocycles. The van der Waals surface area contributed by atoms with Crippen molar-refractivity contribution in [2.45, 2.75) is 40.2 Å². The monoisotopic (exact) mass is 196 g/mol. The molecule has 14 heavy (non-hydrogen) atoms. The van der Waals surface area contributed by atoms with E-state index >= 15 is 0 Å². The normalized spacial score (nSPS) is 14.3. The molecule has 1 unspecified atom stereocenters. The Bertz CT molecular complexity index is 248. The van der Waals surface area contributed by atoms with Crippen LogP contribution in [0, 0.1) is 5.41 Å². The average molecular weight is 196 g/mol. The van der Waals surface area contributed by atoms with Crippen LogP contribution in [0.5, 0.6) is 0 Å². The summed E-state index contributed by atoms with van der Waals surface area (Å²) in [4.78, 5) is 4.21. The first-order valence-corrected chi connectivity index (χ1v) is 5.14. The predicted molar refractivity (Wildman–Crippen MR) is 56.9 cm³/mol. The average Bonchev–Trinajstić information content (AvgIpc) is 2.55. The van der Waals surface area contributed by atoms with Crippen LogP contribution < -0.4 is 5.32 Å². The summed E-state index contributed by atoms with van der Waals surface area (Å²) in [6.45, 7) is 9.75. The molecule has 0 radical (unpaired) electrons. The minimum Gasteiger partial charge on any atom is -0.307 e. The second-order valence-electron chi connectivity index (χ2n) is 4.62. The van der Waals surface area contributed by atoms with Gasteiger partial charge in [0.2, 0.25) is 0 Å². The lowest BCUT2D eigenvalue weighted by Gasteiger charge is -2.29. The van der Waals surface area contributed by atoms with E-state index in [4.69, 9.17) is 0 Å². The SMILES string of the molecule is CCCNC(c1ncn[nH]1)C(C)(C)C. The van der Waals surface area contributed by atoms with Crippen LogP contribution in [0.2, 0.25) is 0 Å². The van der Waals surface area contributed by atoms with E-state index in [1.54, 1.807) is 6.33 Å². The van der Waals surface area contributed by atoms with Crippen molar-refractivity contribution in [1.82, 2.24) is 20.5 Å². The van der Waals surface area contributed by atoms with E-state index in [9.17, 15) is 0 Å². The highest BCUT2D eigenvalue weighted by Gasteiger charge is 2.27. The smallest absolute Gasteiger partial charge is 0.141 e. The van der Waals surface area contributed by atoms with Gasteiger partial charge in [-0.15, -0.1) is 0 Å². The van der Waals surface area contributed by atoms with Crippen LogP contribution in [0.3, 0.4) is 0 Å². The summed E-state index contributed by atoms with van der Waals surface area (Å²) in [6, 6.07) is 0.241. The third-order valence-corrected chi connectivity index (χ3v) is 2.17. The second-order valence-corrected chi connectivity index (χ2v) is 4.62. The number of rotatable bonds is 4. The fraction of sp³-hybridized carbons (Fsp3) is 0.800. The molecule has 1 rings (SSSR count). The van der Waals surface area contributed by atoms with E-state index in [0.29, 0.717) is 0 Å². The van der Waals surface area contributed by atoms with E-state index in [1.807, 2.05) is 0 Å². The molecule has 0 aliphatic rings. The summed E-state index contributed by atoms with van der Waals surface area (Å²) in [7, 11) is 0. The molecule has 0 aliphatic carbocycles. The molecule has 0 spiro atoms.